The highest BCUT2D eigenvalue weighted by atomic mass is 32.1. The second kappa shape index (κ2) is 5.09. The normalized spacial score (nSPS) is 10.5. The van der Waals surface area contributed by atoms with Crippen LogP contribution >= 0.6 is 11.3 Å². The van der Waals surface area contributed by atoms with Crippen molar-refractivity contribution in [1.29, 1.82) is 0 Å². The van der Waals surface area contributed by atoms with Crippen LogP contribution in [-0.2, 0) is 6.54 Å². The Morgan fingerprint density at radius 1 is 1.59 bits per heavy atom. The number of carbonyl (C=O) groups excluding carboxylic acids is 1. The number of carbonyl (C=O) groups is 1. The summed E-state index contributed by atoms with van der Waals surface area (Å²) in [5.41, 5.74) is 2.55. The molecule has 6 heteroatoms. The maximum atomic E-state index is 12.2. The smallest absolute Gasteiger partial charge is 0.234 e. The first-order valence-electron chi connectivity index (χ1n) is 5.30. The summed E-state index contributed by atoms with van der Waals surface area (Å²) in [5.74, 6) is 0.352. The molecular formula is C11H13N3O2S. The van der Waals surface area contributed by atoms with Gasteiger partial charge in [-0.2, -0.15) is 5.10 Å². The number of nitrogens with zero attached hydrogens (tertiary/aromatic N) is 3. The molecule has 0 N–H and O–H groups in total. The number of rotatable bonds is 5. The molecule has 0 radical (unpaired) electrons. The van der Waals surface area contributed by atoms with Gasteiger partial charge in [-0.25, -0.2) is 4.98 Å². The molecule has 0 unspecified atom stereocenters. The van der Waals surface area contributed by atoms with Gasteiger partial charge in [-0.15, -0.1) is 11.3 Å². The molecule has 0 aromatic carbocycles. The highest BCUT2D eigenvalue weighted by Gasteiger charge is 2.21. The summed E-state index contributed by atoms with van der Waals surface area (Å²) >= 11 is 1.40. The van der Waals surface area contributed by atoms with E-state index in [1.807, 2.05) is 6.92 Å². The first-order chi connectivity index (χ1) is 8.27. The summed E-state index contributed by atoms with van der Waals surface area (Å²) < 4.78 is 6.83. The molecule has 0 saturated heterocycles. The maximum absolute atomic E-state index is 12.2. The first kappa shape index (κ1) is 11.8. The topological polar surface area (TPSA) is 57.0 Å². The van der Waals surface area contributed by atoms with Gasteiger partial charge >= 0.3 is 0 Å². The summed E-state index contributed by atoms with van der Waals surface area (Å²) in [6.07, 6.45) is 2.47. The minimum Gasteiger partial charge on any atom is -0.493 e. The van der Waals surface area contributed by atoms with Gasteiger partial charge in [0.25, 0.3) is 0 Å². The summed E-state index contributed by atoms with van der Waals surface area (Å²) in [5, 5.41) is 5.88. The Hall–Kier alpha value is -1.69. The third kappa shape index (κ3) is 2.21. The molecule has 0 amide bonds. The third-order valence-corrected chi connectivity index (χ3v) is 2.93. The van der Waals surface area contributed by atoms with E-state index >= 15 is 0 Å². The van der Waals surface area contributed by atoms with Gasteiger partial charge in [0.05, 0.1) is 18.8 Å². The van der Waals surface area contributed by atoms with Gasteiger partial charge < -0.3 is 4.74 Å². The zero-order valence-electron chi connectivity index (χ0n) is 9.71. The van der Waals surface area contributed by atoms with Crippen molar-refractivity contribution < 1.29 is 9.53 Å². The van der Waals surface area contributed by atoms with Crippen LogP contribution < -0.4 is 4.74 Å². The van der Waals surface area contributed by atoms with Crippen molar-refractivity contribution in [2.75, 3.05) is 7.11 Å². The van der Waals surface area contributed by atoms with Crippen LogP contribution in [0.15, 0.2) is 17.1 Å². The highest BCUT2D eigenvalue weighted by Crippen LogP contribution is 2.21. The predicted molar refractivity (Wildman–Crippen MR) is 64.6 cm³/mol. The molecule has 17 heavy (non-hydrogen) atoms. The Bertz CT molecular complexity index is 505. The minimum atomic E-state index is -0.144. The van der Waals surface area contributed by atoms with Crippen LogP contribution in [0.25, 0.3) is 0 Å². The van der Waals surface area contributed by atoms with E-state index in [0.717, 1.165) is 6.42 Å². The molecule has 2 rings (SSSR count). The second-order valence-corrected chi connectivity index (χ2v) is 4.21. The summed E-state index contributed by atoms with van der Waals surface area (Å²) in [6.45, 7) is 2.72. The molecule has 0 fully saturated rings. The summed E-state index contributed by atoms with van der Waals surface area (Å²) in [6, 6.07) is 0. The van der Waals surface area contributed by atoms with Crippen molar-refractivity contribution in [1.82, 2.24) is 14.8 Å². The number of ether oxygens (including phenoxy) is 1. The van der Waals surface area contributed by atoms with Gasteiger partial charge in [0.2, 0.25) is 5.78 Å². The van der Waals surface area contributed by atoms with Gasteiger partial charge in [-0.1, -0.05) is 6.92 Å². The number of aromatic nitrogens is 3. The number of aryl methyl sites for hydroxylation is 1. The molecule has 0 bridgehead atoms. The number of ketones is 1. The number of thiazole rings is 1. The Labute approximate surface area is 103 Å². The van der Waals surface area contributed by atoms with Crippen LogP contribution in [0.2, 0.25) is 0 Å². The Morgan fingerprint density at radius 2 is 2.41 bits per heavy atom. The van der Waals surface area contributed by atoms with Crippen molar-refractivity contribution >= 4 is 17.1 Å². The van der Waals surface area contributed by atoms with Gasteiger partial charge in [0.1, 0.15) is 5.69 Å². The van der Waals surface area contributed by atoms with Gasteiger partial charge in [-0.3, -0.25) is 9.48 Å². The molecule has 2 aromatic heterocycles. The lowest BCUT2D eigenvalue weighted by Gasteiger charge is -2.05. The third-order valence-electron chi connectivity index (χ3n) is 2.34. The van der Waals surface area contributed by atoms with Crippen LogP contribution in [0.5, 0.6) is 5.75 Å². The molecule has 0 aliphatic heterocycles. The fourth-order valence-electron chi connectivity index (χ4n) is 1.57. The van der Waals surface area contributed by atoms with E-state index in [9.17, 15) is 4.79 Å². The summed E-state index contributed by atoms with van der Waals surface area (Å²) in [7, 11) is 1.53. The van der Waals surface area contributed by atoms with Crippen molar-refractivity contribution in [2.45, 2.75) is 19.9 Å². The van der Waals surface area contributed by atoms with Gasteiger partial charge in [0, 0.05) is 11.9 Å². The van der Waals surface area contributed by atoms with Crippen LogP contribution in [0.4, 0.5) is 0 Å². The quantitative estimate of drug-likeness (QED) is 0.762. The van der Waals surface area contributed by atoms with E-state index in [0.29, 0.717) is 23.7 Å². The van der Waals surface area contributed by atoms with E-state index in [1.165, 1.54) is 18.4 Å². The Morgan fingerprint density at radius 3 is 3.00 bits per heavy atom. The van der Waals surface area contributed by atoms with Crippen LogP contribution in [0.1, 0.15) is 29.5 Å². The summed E-state index contributed by atoms with van der Waals surface area (Å²) in [4.78, 5) is 16.3. The number of methoxy groups -OCH3 is 1. The van der Waals surface area contributed by atoms with Crippen molar-refractivity contribution in [2.24, 2.45) is 0 Å². The lowest BCUT2D eigenvalue weighted by molar-refractivity contribution is 0.102. The molecule has 2 heterocycles. The molecule has 2 aromatic rings. The molecule has 0 aliphatic rings. The Kier molecular flexibility index (Phi) is 3.53. The molecular weight excluding hydrogens is 238 g/mol. The largest absolute Gasteiger partial charge is 0.493 e. The standard InChI is InChI=1S/C11H13N3O2S/c1-3-4-14-10(9(16-2)5-13-14)11(15)8-6-17-7-12-8/h5-7H,3-4H2,1-2H3. The highest BCUT2D eigenvalue weighted by molar-refractivity contribution is 7.07. The monoisotopic (exact) mass is 251 g/mol. The number of hydrogen-bond acceptors (Lipinski definition) is 5. The second-order valence-electron chi connectivity index (χ2n) is 3.49. The van der Waals surface area contributed by atoms with Crippen molar-refractivity contribution in [3.8, 4) is 5.75 Å². The fourth-order valence-corrected chi connectivity index (χ4v) is 2.11. The van der Waals surface area contributed by atoms with Gasteiger partial charge in [0.15, 0.2) is 11.4 Å². The van der Waals surface area contributed by atoms with E-state index < -0.39 is 0 Å². The number of hydrogen-bond donors (Lipinski definition) is 0. The van der Waals surface area contributed by atoms with E-state index in [1.54, 1.807) is 21.8 Å². The molecule has 0 atom stereocenters. The zero-order chi connectivity index (χ0) is 12.3. The minimum absolute atomic E-state index is 0.144. The average Bonchev–Trinajstić information content (AvgIpc) is 2.97. The molecule has 5 nitrogen and oxygen atoms in total. The lowest BCUT2D eigenvalue weighted by atomic mass is 10.2. The lowest BCUT2D eigenvalue weighted by Crippen LogP contribution is -2.12. The van der Waals surface area contributed by atoms with E-state index in [2.05, 4.69) is 10.1 Å². The first-order valence-corrected chi connectivity index (χ1v) is 6.25. The van der Waals surface area contributed by atoms with E-state index in [4.69, 9.17) is 4.74 Å². The van der Waals surface area contributed by atoms with Gasteiger partial charge in [-0.05, 0) is 6.42 Å². The van der Waals surface area contributed by atoms with E-state index in [-0.39, 0.29) is 5.78 Å². The fraction of sp³-hybridized carbons (Fsp3) is 0.364. The van der Waals surface area contributed by atoms with Crippen LogP contribution in [0, 0.1) is 0 Å². The van der Waals surface area contributed by atoms with Crippen molar-refractivity contribution in [3.05, 3.63) is 28.5 Å². The SMILES string of the molecule is CCCn1ncc(OC)c1C(=O)c1cscn1. The predicted octanol–water partition coefficient (Wildman–Crippen LogP) is 1.99. The Balaban J connectivity index is 2.42. The molecule has 0 aliphatic carbocycles. The van der Waals surface area contributed by atoms with Crippen LogP contribution in [-0.4, -0.2) is 27.7 Å². The van der Waals surface area contributed by atoms with Crippen molar-refractivity contribution in [3.63, 3.8) is 0 Å². The molecule has 0 spiro atoms. The molecule has 90 valence electrons. The molecule has 0 saturated carbocycles. The van der Waals surface area contributed by atoms with Crippen LogP contribution in [0.3, 0.4) is 0 Å². The zero-order valence-corrected chi connectivity index (χ0v) is 10.5. The maximum Gasteiger partial charge on any atom is 0.234 e. The average molecular weight is 251 g/mol.